The topological polar surface area (TPSA) is 69.6 Å². The van der Waals surface area contributed by atoms with Crippen molar-refractivity contribution in [2.45, 2.75) is 289 Å². The lowest BCUT2D eigenvalue weighted by atomic mass is 10.0. The van der Waals surface area contributed by atoms with E-state index in [9.17, 15) is 15.0 Å². The van der Waals surface area contributed by atoms with Crippen LogP contribution in [0.5, 0.6) is 0 Å². The van der Waals surface area contributed by atoms with Gasteiger partial charge < -0.3 is 15.5 Å². The van der Waals surface area contributed by atoms with Crippen molar-refractivity contribution in [1.29, 1.82) is 0 Å². The maximum absolute atomic E-state index is 12.4. The SMILES string of the molecule is CCCCCCC/C=C\C/C=C\CCCCCCCCCCCC(=O)NC(CO)C(O)CCCCCCCCCCCCCCCCCCCCCCCC. The molecular formula is C51H99NO3. The zero-order chi connectivity index (χ0) is 40.0. The van der Waals surface area contributed by atoms with E-state index in [4.69, 9.17) is 0 Å². The van der Waals surface area contributed by atoms with Crippen molar-refractivity contribution in [1.82, 2.24) is 5.32 Å². The third-order valence-electron chi connectivity index (χ3n) is 11.7. The van der Waals surface area contributed by atoms with Crippen molar-refractivity contribution in [3.63, 3.8) is 0 Å². The van der Waals surface area contributed by atoms with E-state index in [1.54, 1.807) is 0 Å². The van der Waals surface area contributed by atoms with E-state index in [0.29, 0.717) is 12.8 Å². The van der Waals surface area contributed by atoms with Crippen LogP contribution in [0.3, 0.4) is 0 Å². The van der Waals surface area contributed by atoms with E-state index < -0.39 is 12.1 Å². The normalized spacial score (nSPS) is 13.0. The smallest absolute Gasteiger partial charge is 0.220 e. The van der Waals surface area contributed by atoms with Gasteiger partial charge in [0.25, 0.3) is 0 Å². The molecule has 0 radical (unpaired) electrons. The summed E-state index contributed by atoms with van der Waals surface area (Å²) in [6, 6.07) is -0.537. The average molecular weight is 774 g/mol. The van der Waals surface area contributed by atoms with E-state index in [2.05, 4.69) is 43.5 Å². The molecule has 1 amide bonds. The standard InChI is InChI=1S/C51H99NO3/c1-3-5-7-9-11-13-15-17-19-21-23-25-27-28-30-32-34-36-38-40-42-44-46-50(54)49(48-53)52-51(55)47-45-43-41-39-37-35-33-31-29-26-24-22-20-18-16-14-12-10-8-6-4-2/h16,18,22,24,49-50,53-54H,3-15,17,19-21,23,25-48H2,1-2H3,(H,52,55)/b18-16-,24-22-. The Morgan fingerprint density at radius 2 is 0.745 bits per heavy atom. The quantitative estimate of drug-likeness (QED) is 0.0426. The highest BCUT2D eigenvalue weighted by Crippen LogP contribution is 2.17. The molecule has 0 aromatic carbocycles. The third-order valence-corrected chi connectivity index (χ3v) is 11.7. The van der Waals surface area contributed by atoms with Gasteiger partial charge in [0.2, 0.25) is 5.91 Å². The number of allylic oxidation sites excluding steroid dienone is 4. The Bertz CT molecular complexity index is 795. The van der Waals surface area contributed by atoms with Gasteiger partial charge >= 0.3 is 0 Å². The first kappa shape index (κ1) is 53.9. The van der Waals surface area contributed by atoms with Crippen LogP contribution >= 0.6 is 0 Å². The minimum absolute atomic E-state index is 0.0324. The molecule has 0 aromatic rings. The fourth-order valence-electron chi connectivity index (χ4n) is 7.86. The van der Waals surface area contributed by atoms with Gasteiger partial charge in [-0.15, -0.1) is 0 Å². The summed E-state index contributed by atoms with van der Waals surface area (Å²) in [5.74, 6) is -0.0324. The Kier molecular flexibility index (Phi) is 46.3. The van der Waals surface area contributed by atoms with Crippen LogP contribution in [0.4, 0.5) is 0 Å². The highest BCUT2D eigenvalue weighted by molar-refractivity contribution is 5.76. The second-order valence-corrected chi connectivity index (χ2v) is 17.2. The molecule has 326 valence electrons. The van der Waals surface area contributed by atoms with Crippen molar-refractivity contribution in [2.24, 2.45) is 0 Å². The van der Waals surface area contributed by atoms with Crippen molar-refractivity contribution in [3.8, 4) is 0 Å². The molecule has 0 aliphatic heterocycles. The Balaban J connectivity index is 3.48. The van der Waals surface area contributed by atoms with Crippen LogP contribution in [0.1, 0.15) is 277 Å². The minimum atomic E-state index is -0.660. The second-order valence-electron chi connectivity index (χ2n) is 17.2. The summed E-state index contributed by atoms with van der Waals surface area (Å²) >= 11 is 0. The van der Waals surface area contributed by atoms with Crippen LogP contribution in [-0.2, 0) is 4.79 Å². The maximum Gasteiger partial charge on any atom is 0.220 e. The van der Waals surface area contributed by atoms with Crippen LogP contribution in [0, 0.1) is 0 Å². The van der Waals surface area contributed by atoms with Gasteiger partial charge in [-0.25, -0.2) is 0 Å². The molecule has 0 fully saturated rings. The molecule has 0 heterocycles. The Morgan fingerprint density at radius 1 is 0.436 bits per heavy atom. The van der Waals surface area contributed by atoms with Gasteiger partial charge in [-0.1, -0.05) is 250 Å². The first-order valence-electron chi connectivity index (χ1n) is 25.0. The molecule has 0 saturated heterocycles. The monoisotopic (exact) mass is 774 g/mol. The first-order chi connectivity index (χ1) is 27.2. The molecule has 0 aliphatic rings. The van der Waals surface area contributed by atoms with Crippen LogP contribution in [0.25, 0.3) is 0 Å². The van der Waals surface area contributed by atoms with Crippen LogP contribution in [0.15, 0.2) is 24.3 Å². The fourth-order valence-corrected chi connectivity index (χ4v) is 7.86. The Morgan fingerprint density at radius 3 is 1.09 bits per heavy atom. The van der Waals surface area contributed by atoms with Crippen molar-refractivity contribution < 1.29 is 15.0 Å². The van der Waals surface area contributed by atoms with Gasteiger partial charge in [-0.05, 0) is 44.9 Å². The number of rotatable bonds is 46. The third kappa shape index (κ3) is 43.8. The molecule has 0 bridgehead atoms. The lowest BCUT2D eigenvalue weighted by Crippen LogP contribution is -2.45. The predicted octanol–water partition coefficient (Wildman–Crippen LogP) is 16.0. The van der Waals surface area contributed by atoms with Gasteiger partial charge in [0.15, 0.2) is 0 Å². The molecule has 0 aromatic heterocycles. The molecular weight excluding hydrogens is 675 g/mol. The van der Waals surface area contributed by atoms with E-state index >= 15 is 0 Å². The number of aliphatic hydroxyl groups excluding tert-OH is 2. The number of nitrogens with one attached hydrogen (secondary N) is 1. The van der Waals surface area contributed by atoms with Gasteiger partial charge in [0, 0.05) is 6.42 Å². The zero-order valence-corrected chi connectivity index (χ0v) is 37.5. The predicted molar refractivity (Wildman–Crippen MR) is 244 cm³/mol. The number of unbranched alkanes of at least 4 members (excludes halogenated alkanes) is 35. The van der Waals surface area contributed by atoms with Crippen molar-refractivity contribution in [3.05, 3.63) is 24.3 Å². The lowest BCUT2D eigenvalue weighted by molar-refractivity contribution is -0.123. The van der Waals surface area contributed by atoms with Gasteiger partial charge in [-0.3, -0.25) is 4.79 Å². The molecule has 2 unspecified atom stereocenters. The summed E-state index contributed by atoms with van der Waals surface area (Å²) < 4.78 is 0. The van der Waals surface area contributed by atoms with E-state index in [1.165, 1.54) is 218 Å². The molecule has 2 atom stereocenters. The molecule has 55 heavy (non-hydrogen) atoms. The number of aliphatic hydroxyl groups is 2. The highest BCUT2D eigenvalue weighted by atomic mass is 16.3. The average Bonchev–Trinajstić information content (AvgIpc) is 3.19. The first-order valence-corrected chi connectivity index (χ1v) is 25.0. The number of hydrogen-bond donors (Lipinski definition) is 3. The van der Waals surface area contributed by atoms with E-state index in [-0.39, 0.29) is 12.5 Å². The van der Waals surface area contributed by atoms with Gasteiger partial charge in [0.05, 0.1) is 18.8 Å². The van der Waals surface area contributed by atoms with Crippen molar-refractivity contribution >= 4 is 5.91 Å². The summed E-state index contributed by atoms with van der Waals surface area (Å²) in [7, 11) is 0. The largest absolute Gasteiger partial charge is 0.394 e. The fraction of sp³-hybridized carbons (Fsp3) is 0.902. The summed E-state index contributed by atoms with van der Waals surface area (Å²) in [4.78, 5) is 12.4. The van der Waals surface area contributed by atoms with Crippen molar-refractivity contribution in [2.75, 3.05) is 6.61 Å². The molecule has 0 aliphatic carbocycles. The zero-order valence-electron chi connectivity index (χ0n) is 37.5. The highest BCUT2D eigenvalue weighted by Gasteiger charge is 2.20. The van der Waals surface area contributed by atoms with Crippen LogP contribution in [-0.4, -0.2) is 34.9 Å². The lowest BCUT2D eigenvalue weighted by Gasteiger charge is -2.22. The summed E-state index contributed by atoms with van der Waals surface area (Å²) in [5, 5.41) is 23.3. The van der Waals surface area contributed by atoms with E-state index in [0.717, 1.165) is 32.1 Å². The number of hydrogen-bond acceptors (Lipinski definition) is 3. The summed E-state index contributed by atoms with van der Waals surface area (Å²) in [5.41, 5.74) is 0. The number of carbonyl (C=O) groups excluding carboxylic acids is 1. The van der Waals surface area contributed by atoms with Crippen LogP contribution < -0.4 is 5.32 Å². The summed E-state index contributed by atoms with van der Waals surface area (Å²) in [6.45, 7) is 4.37. The number of carbonyl (C=O) groups is 1. The molecule has 3 N–H and O–H groups in total. The Labute approximate surface area is 345 Å². The molecule has 0 saturated carbocycles. The second kappa shape index (κ2) is 47.2. The maximum atomic E-state index is 12.4. The molecule has 0 rings (SSSR count). The molecule has 0 spiro atoms. The number of amides is 1. The van der Waals surface area contributed by atoms with E-state index in [1.807, 2.05) is 0 Å². The molecule has 4 nitrogen and oxygen atoms in total. The molecule has 4 heteroatoms. The van der Waals surface area contributed by atoms with Crippen LogP contribution in [0.2, 0.25) is 0 Å². The van der Waals surface area contributed by atoms with Gasteiger partial charge in [0.1, 0.15) is 0 Å². The minimum Gasteiger partial charge on any atom is -0.394 e. The van der Waals surface area contributed by atoms with Gasteiger partial charge in [-0.2, -0.15) is 0 Å². The Hall–Kier alpha value is -1.13. The summed E-state index contributed by atoms with van der Waals surface area (Å²) in [6.07, 6.45) is 61.3.